The van der Waals surface area contributed by atoms with Gasteiger partial charge in [-0.2, -0.15) is 0 Å². The first-order chi connectivity index (χ1) is 15.5. The molecule has 4 rings (SSSR count). The van der Waals surface area contributed by atoms with Gasteiger partial charge in [0.15, 0.2) is 17.3 Å². The number of nitro benzene ring substituents is 1. The van der Waals surface area contributed by atoms with Crippen molar-refractivity contribution >= 4 is 34.7 Å². The number of non-ortho nitro benzene ring substituents is 1. The maximum atomic E-state index is 13.5. The van der Waals surface area contributed by atoms with Crippen LogP contribution in [0.3, 0.4) is 0 Å². The smallest absolute Gasteiger partial charge is 0.271 e. The highest BCUT2D eigenvalue weighted by atomic mass is 35.5. The molecule has 1 N–H and O–H groups in total. The lowest BCUT2D eigenvalue weighted by atomic mass is 9.69. The van der Waals surface area contributed by atoms with Crippen molar-refractivity contribution in [2.24, 2.45) is 5.41 Å². The molecule has 0 saturated carbocycles. The summed E-state index contributed by atoms with van der Waals surface area (Å²) in [4.78, 5) is 39.0. The molecule has 0 bridgehead atoms. The number of nitro groups is 1. The van der Waals surface area contributed by atoms with Crippen molar-refractivity contribution in [2.75, 3.05) is 12.0 Å². The number of ether oxygens (including phenoxy) is 1. The zero-order chi connectivity index (χ0) is 24.1. The fourth-order valence-corrected chi connectivity index (χ4v) is 4.88. The van der Waals surface area contributed by atoms with Crippen molar-refractivity contribution in [3.05, 3.63) is 68.4 Å². The van der Waals surface area contributed by atoms with Crippen LogP contribution in [0.25, 0.3) is 0 Å². The number of Topliss-reactive ketones (excluding diaryl/α,β-unsaturated/α-hetero) is 1. The van der Waals surface area contributed by atoms with E-state index in [9.17, 15) is 24.8 Å². The Morgan fingerprint density at radius 2 is 1.91 bits per heavy atom. The molecule has 33 heavy (non-hydrogen) atoms. The molecule has 0 saturated heterocycles. The molecule has 1 aliphatic heterocycles. The minimum Gasteiger partial charge on any atom is -0.504 e. The monoisotopic (exact) mass is 470 g/mol. The molecule has 9 heteroatoms. The summed E-state index contributed by atoms with van der Waals surface area (Å²) in [5.74, 6) is -0.732. The van der Waals surface area contributed by atoms with Crippen molar-refractivity contribution < 1.29 is 24.4 Å². The number of nitrogens with zero attached hydrogens (tertiary/aromatic N) is 2. The van der Waals surface area contributed by atoms with E-state index in [0.29, 0.717) is 29.7 Å². The van der Waals surface area contributed by atoms with E-state index in [0.717, 1.165) is 0 Å². The van der Waals surface area contributed by atoms with Gasteiger partial charge >= 0.3 is 0 Å². The summed E-state index contributed by atoms with van der Waals surface area (Å²) >= 11 is 6.38. The van der Waals surface area contributed by atoms with Crippen LogP contribution in [0, 0.1) is 15.5 Å². The van der Waals surface area contributed by atoms with Crippen molar-refractivity contribution in [3.63, 3.8) is 0 Å². The first-order valence-corrected chi connectivity index (χ1v) is 10.8. The maximum Gasteiger partial charge on any atom is 0.271 e. The number of rotatable bonds is 4. The predicted molar refractivity (Wildman–Crippen MR) is 123 cm³/mol. The first kappa shape index (κ1) is 22.8. The van der Waals surface area contributed by atoms with E-state index < -0.39 is 16.3 Å². The van der Waals surface area contributed by atoms with E-state index in [1.54, 1.807) is 12.1 Å². The number of phenols is 1. The van der Waals surface area contributed by atoms with Gasteiger partial charge in [0.25, 0.3) is 5.69 Å². The Morgan fingerprint density at radius 1 is 1.18 bits per heavy atom. The number of hydrogen-bond acceptors (Lipinski definition) is 6. The van der Waals surface area contributed by atoms with Gasteiger partial charge in [-0.25, -0.2) is 0 Å². The number of methoxy groups -OCH3 is 1. The molecule has 1 unspecified atom stereocenters. The normalized spacial score (nSPS) is 20.0. The molecule has 8 nitrogen and oxygen atoms in total. The number of benzene rings is 2. The van der Waals surface area contributed by atoms with E-state index in [-0.39, 0.29) is 46.0 Å². The van der Waals surface area contributed by atoms with Crippen LogP contribution in [0.5, 0.6) is 11.5 Å². The van der Waals surface area contributed by atoms with Crippen molar-refractivity contribution in [3.8, 4) is 11.5 Å². The molecule has 0 aromatic heterocycles. The van der Waals surface area contributed by atoms with Gasteiger partial charge in [-0.05, 0) is 35.6 Å². The largest absolute Gasteiger partial charge is 0.504 e. The number of phenolic OH excluding ortho intramolecular Hbond substituents is 1. The van der Waals surface area contributed by atoms with E-state index in [2.05, 4.69) is 0 Å². The van der Waals surface area contributed by atoms with Gasteiger partial charge in [-0.15, -0.1) is 0 Å². The maximum absolute atomic E-state index is 13.5. The van der Waals surface area contributed by atoms with Crippen molar-refractivity contribution in [2.45, 2.75) is 39.0 Å². The zero-order valence-electron chi connectivity index (χ0n) is 18.4. The Kier molecular flexibility index (Phi) is 5.66. The van der Waals surface area contributed by atoms with E-state index in [1.165, 1.54) is 36.3 Å². The number of aromatic hydroxyl groups is 1. The molecule has 2 aromatic carbocycles. The second kappa shape index (κ2) is 8.19. The van der Waals surface area contributed by atoms with Crippen molar-refractivity contribution in [1.29, 1.82) is 0 Å². The number of hydrogen-bond donors (Lipinski definition) is 1. The molecule has 1 atom stereocenters. The minimum absolute atomic E-state index is 0.0298. The lowest BCUT2D eigenvalue weighted by Gasteiger charge is -2.43. The highest BCUT2D eigenvalue weighted by Gasteiger charge is 2.45. The molecule has 2 aliphatic rings. The molecule has 1 aliphatic carbocycles. The summed E-state index contributed by atoms with van der Waals surface area (Å²) < 4.78 is 5.21. The quantitative estimate of drug-likeness (QED) is 0.490. The Balaban J connectivity index is 1.93. The number of halogens is 1. The average Bonchev–Trinajstić information content (AvgIpc) is 2.73. The van der Waals surface area contributed by atoms with E-state index in [1.807, 2.05) is 13.8 Å². The summed E-state index contributed by atoms with van der Waals surface area (Å²) in [6.07, 6.45) is 0.699. The SMILES string of the molecule is COc1cc(C2CC(=O)N(c3cc([N+](=O)[O-])ccc3Cl)C3=C2C(=O)CC(C)(C)C3)ccc1O. The summed E-state index contributed by atoms with van der Waals surface area (Å²) in [7, 11) is 1.43. The number of carbonyl (C=O) groups excluding carboxylic acids is 2. The van der Waals surface area contributed by atoms with Gasteiger partial charge in [0.05, 0.1) is 22.7 Å². The Hall–Kier alpha value is -3.39. The molecule has 172 valence electrons. The number of carbonyl (C=O) groups is 2. The van der Waals surface area contributed by atoms with Gasteiger partial charge in [0.1, 0.15) is 0 Å². The van der Waals surface area contributed by atoms with Crippen LogP contribution >= 0.6 is 11.6 Å². The number of anilines is 1. The van der Waals surface area contributed by atoms with Crippen LogP contribution in [0.2, 0.25) is 5.02 Å². The van der Waals surface area contributed by atoms with Crippen LogP contribution in [0.1, 0.15) is 44.6 Å². The summed E-state index contributed by atoms with van der Waals surface area (Å²) in [5.41, 5.74) is 1.25. The van der Waals surface area contributed by atoms with Crippen LogP contribution in [-0.2, 0) is 9.59 Å². The number of ketones is 1. The topological polar surface area (TPSA) is 110 Å². The molecule has 1 heterocycles. The molecule has 0 radical (unpaired) electrons. The average molecular weight is 471 g/mol. The van der Waals surface area contributed by atoms with Crippen LogP contribution in [0.4, 0.5) is 11.4 Å². The zero-order valence-corrected chi connectivity index (χ0v) is 19.2. The molecular weight excluding hydrogens is 448 g/mol. The Labute approximate surface area is 195 Å². The standard InChI is InChI=1S/C24H23ClN2O6/c1-24(2)11-18-23(20(29)12-24)15(13-4-7-19(28)21(8-13)33-3)10-22(30)26(18)17-9-14(27(31)32)5-6-16(17)25/h4-9,15,28H,10-12H2,1-3H3. The van der Waals surface area contributed by atoms with E-state index in [4.69, 9.17) is 16.3 Å². The van der Waals surface area contributed by atoms with Gasteiger partial charge in [0.2, 0.25) is 5.91 Å². The summed E-state index contributed by atoms with van der Waals surface area (Å²) in [6.45, 7) is 3.89. The highest BCUT2D eigenvalue weighted by molar-refractivity contribution is 6.34. The molecule has 0 spiro atoms. The van der Waals surface area contributed by atoms with Crippen LogP contribution in [-0.4, -0.2) is 28.8 Å². The summed E-state index contributed by atoms with van der Waals surface area (Å²) in [5, 5.41) is 21.5. The molecular formula is C24H23ClN2O6. The fraction of sp³-hybridized carbons (Fsp3) is 0.333. The lowest BCUT2D eigenvalue weighted by Crippen LogP contribution is -2.43. The third kappa shape index (κ3) is 4.06. The second-order valence-electron chi connectivity index (χ2n) is 9.11. The molecule has 0 fully saturated rings. The first-order valence-electron chi connectivity index (χ1n) is 10.4. The third-order valence-corrected chi connectivity index (χ3v) is 6.45. The third-order valence-electron chi connectivity index (χ3n) is 6.13. The van der Waals surface area contributed by atoms with Crippen LogP contribution in [0.15, 0.2) is 47.7 Å². The van der Waals surface area contributed by atoms with Gasteiger partial charge in [0, 0.05) is 42.2 Å². The molecule has 2 aromatic rings. The molecule has 1 amide bonds. The van der Waals surface area contributed by atoms with Crippen molar-refractivity contribution in [1.82, 2.24) is 0 Å². The van der Waals surface area contributed by atoms with Gasteiger partial charge in [-0.3, -0.25) is 24.6 Å². The fourth-order valence-electron chi connectivity index (χ4n) is 4.68. The van der Waals surface area contributed by atoms with E-state index >= 15 is 0 Å². The Bertz CT molecular complexity index is 1220. The van der Waals surface area contributed by atoms with Crippen LogP contribution < -0.4 is 9.64 Å². The second-order valence-corrected chi connectivity index (χ2v) is 9.52. The Morgan fingerprint density at radius 3 is 2.58 bits per heavy atom. The van der Waals surface area contributed by atoms with Gasteiger partial charge in [-0.1, -0.05) is 31.5 Å². The number of allylic oxidation sites excluding steroid dienone is 2. The van der Waals surface area contributed by atoms with Gasteiger partial charge < -0.3 is 9.84 Å². The predicted octanol–water partition coefficient (Wildman–Crippen LogP) is 5.13. The minimum atomic E-state index is -0.551. The lowest BCUT2D eigenvalue weighted by molar-refractivity contribution is -0.384. The number of amides is 1. The summed E-state index contributed by atoms with van der Waals surface area (Å²) in [6, 6.07) is 8.69. The highest BCUT2D eigenvalue weighted by Crippen LogP contribution is 2.50.